The fourth-order valence-electron chi connectivity index (χ4n) is 2.01. The van der Waals surface area contributed by atoms with Crippen LogP contribution in [0.4, 0.5) is 0 Å². The van der Waals surface area contributed by atoms with Crippen LogP contribution in [0, 0.1) is 0 Å². The monoisotopic (exact) mass is 304 g/mol. The maximum absolute atomic E-state index is 11.7. The van der Waals surface area contributed by atoms with E-state index in [1.165, 1.54) is 11.3 Å². The number of carbonyl (C=O) groups is 1. The van der Waals surface area contributed by atoms with Crippen LogP contribution in [0.3, 0.4) is 0 Å². The zero-order chi connectivity index (χ0) is 11.7. The van der Waals surface area contributed by atoms with Crippen molar-refractivity contribution < 1.29 is 14.6 Å². The van der Waals surface area contributed by atoms with Crippen LogP contribution in [-0.4, -0.2) is 17.7 Å². The summed E-state index contributed by atoms with van der Waals surface area (Å²) in [6, 6.07) is 0. The van der Waals surface area contributed by atoms with Gasteiger partial charge in [-0.1, -0.05) is 0 Å². The smallest absolute Gasteiger partial charge is 0.348 e. The Labute approximate surface area is 107 Å². The van der Waals surface area contributed by atoms with Crippen LogP contribution in [0.2, 0.25) is 0 Å². The molecule has 0 saturated heterocycles. The van der Waals surface area contributed by atoms with Gasteiger partial charge in [0.05, 0.1) is 16.5 Å². The molecular weight excluding hydrogens is 292 g/mol. The third-order valence-corrected chi connectivity index (χ3v) is 4.63. The SMILES string of the molecule is CCOC(=O)c1sc(Br)c2c1CCCC2O. The number of hydrogen-bond donors (Lipinski definition) is 1. The second-order valence-electron chi connectivity index (χ2n) is 3.73. The van der Waals surface area contributed by atoms with Crippen LogP contribution < -0.4 is 0 Å². The number of carbonyl (C=O) groups excluding carboxylic acids is 1. The lowest BCUT2D eigenvalue weighted by molar-refractivity contribution is 0.0530. The van der Waals surface area contributed by atoms with Crippen molar-refractivity contribution in [3.63, 3.8) is 0 Å². The van der Waals surface area contributed by atoms with Gasteiger partial charge >= 0.3 is 5.97 Å². The van der Waals surface area contributed by atoms with Gasteiger partial charge in [0.2, 0.25) is 0 Å². The number of hydrogen-bond acceptors (Lipinski definition) is 4. The molecule has 0 aliphatic heterocycles. The minimum atomic E-state index is -0.447. The number of rotatable bonds is 2. The van der Waals surface area contributed by atoms with Crippen LogP contribution >= 0.6 is 27.3 Å². The van der Waals surface area contributed by atoms with Crippen molar-refractivity contribution in [3.8, 4) is 0 Å². The quantitative estimate of drug-likeness (QED) is 0.854. The molecular formula is C11H13BrO3S. The molecule has 1 atom stereocenters. The first-order valence-electron chi connectivity index (χ1n) is 5.31. The Morgan fingerprint density at radius 1 is 1.69 bits per heavy atom. The van der Waals surface area contributed by atoms with Crippen molar-refractivity contribution >= 4 is 33.2 Å². The largest absolute Gasteiger partial charge is 0.462 e. The summed E-state index contributed by atoms with van der Waals surface area (Å²) in [5.41, 5.74) is 1.85. The first-order valence-corrected chi connectivity index (χ1v) is 6.92. The van der Waals surface area contributed by atoms with E-state index in [0.29, 0.717) is 11.5 Å². The summed E-state index contributed by atoms with van der Waals surface area (Å²) in [4.78, 5) is 12.4. The summed E-state index contributed by atoms with van der Waals surface area (Å²) in [5, 5.41) is 9.89. The number of aliphatic hydroxyl groups is 1. The van der Waals surface area contributed by atoms with Crippen LogP contribution in [0.5, 0.6) is 0 Å². The highest BCUT2D eigenvalue weighted by molar-refractivity contribution is 9.11. The number of thiophene rings is 1. The highest BCUT2D eigenvalue weighted by Gasteiger charge is 2.29. The van der Waals surface area contributed by atoms with E-state index >= 15 is 0 Å². The maximum Gasteiger partial charge on any atom is 0.348 e. The van der Waals surface area contributed by atoms with E-state index in [1.54, 1.807) is 6.92 Å². The van der Waals surface area contributed by atoms with Gasteiger partial charge in [-0.2, -0.15) is 0 Å². The molecule has 0 bridgehead atoms. The van der Waals surface area contributed by atoms with E-state index in [-0.39, 0.29) is 5.97 Å². The molecule has 0 spiro atoms. The predicted molar refractivity (Wildman–Crippen MR) is 65.9 cm³/mol. The van der Waals surface area contributed by atoms with Gasteiger partial charge in [0.25, 0.3) is 0 Å². The van der Waals surface area contributed by atoms with Crippen molar-refractivity contribution in [1.29, 1.82) is 0 Å². The summed E-state index contributed by atoms with van der Waals surface area (Å²) in [6.07, 6.45) is 2.09. The third kappa shape index (κ3) is 2.04. The molecule has 1 aromatic heterocycles. The van der Waals surface area contributed by atoms with E-state index in [4.69, 9.17) is 4.74 Å². The number of ether oxygens (including phenoxy) is 1. The molecule has 0 amide bonds. The molecule has 1 aliphatic carbocycles. The average molecular weight is 305 g/mol. The Kier molecular flexibility index (Phi) is 3.66. The van der Waals surface area contributed by atoms with Crippen LogP contribution in [0.25, 0.3) is 0 Å². The molecule has 1 heterocycles. The number of aliphatic hydroxyl groups excluding tert-OH is 1. The third-order valence-electron chi connectivity index (χ3n) is 2.70. The molecule has 3 nitrogen and oxygen atoms in total. The van der Waals surface area contributed by atoms with Crippen molar-refractivity contribution in [1.82, 2.24) is 0 Å². The molecule has 5 heteroatoms. The molecule has 2 rings (SSSR count). The molecule has 1 unspecified atom stereocenters. The lowest BCUT2D eigenvalue weighted by Gasteiger charge is -2.18. The Morgan fingerprint density at radius 2 is 2.44 bits per heavy atom. The van der Waals surface area contributed by atoms with Crippen molar-refractivity contribution in [2.45, 2.75) is 32.3 Å². The topological polar surface area (TPSA) is 46.5 Å². The normalized spacial score (nSPS) is 19.3. The van der Waals surface area contributed by atoms with Gasteiger partial charge in [0, 0.05) is 5.56 Å². The first-order chi connectivity index (χ1) is 7.65. The van der Waals surface area contributed by atoms with Crippen LogP contribution in [0.15, 0.2) is 3.79 Å². The van der Waals surface area contributed by atoms with Gasteiger partial charge in [-0.25, -0.2) is 4.79 Å². The van der Waals surface area contributed by atoms with Gasteiger partial charge in [-0.15, -0.1) is 11.3 Å². The van der Waals surface area contributed by atoms with Crippen molar-refractivity contribution in [3.05, 3.63) is 19.8 Å². The predicted octanol–water partition coefficient (Wildman–Crippen LogP) is 3.06. The fraction of sp³-hybridized carbons (Fsp3) is 0.545. The molecule has 1 N–H and O–H groups in total. The molecule has 1 aliphatic rings. The Balaban J connectivity index is 2.41. The highest BCUT2D eigenvalue weighted by Crippen LogP contribution is 2.42. The van der Waals surface area contributed by atoms with E-state index in [0.717, 1.165) is 34.2 Å². The molecule has 0 saturated carbocycles. The lowest BCUT2D eigenvalue weighted by Crippen LogP contribution is -2.11. The number of halogens is 1. The highest BCUT2D eigenvalue weighted by atomic mass is 79.9. The minimum absolute atomic E-state index is 0.274. The molecule has 1 aromatic rings. The molecule has 0 aromatic carbocycles. The Hall–Kier alpha value is -0.390. The zero-order valence-electron chi connectivity index (χ0n) is 8.96. The second kappa shape index (κ2) is 4.85. The number of esters is 1. The van der Waals surface area contributed by atoms with Gasteiger partial charge < -0.3 is 9.84 Å². The Bertz CT molecular complexity index is 414. The van der Waals surface area contributed by atoms with E-state index < -0.39 is 6.10 Å². The molecule has 16 heavy (non-hydrogen) atoms. The van der Waals surface area contributed by atoms with Crippen molar-refractivity contribution in [2.75, 3.05) is 6.61 Å². The van der Waals surface area contributed by atoms with E-state index in [9.17, 15) is 9.90 Å². The van der Waals surface area contributed by atoms with Gasteiger partial charge in [0.15, 0.2) is 0 Å². The van der Waals surface area contributed by atoms with Gasteiger partial charge in [-0.3, -0.25) is 0 Å². The Morgan fingerprint density at radius 3 is 3.12 bits per heavy atom. The van der Waals surface area contributed by atoms with Crippen LogP contribution in [0.1, 0.15) is 46.7 Å². The van der Waals surface area contributed by atoms with Gasteiger partial charge in [-0.05, 0) is 47.7 Å². The first kappa shape index (κ1) is 12.1. The summed E-state index contributed by atoms with van der Waals surface area (Å²) >= 11 is 4.78. The number of fused-ring (bicyclic) bond motifs is 1. The average Bonchev–Trinajstić information content (AvgIpc) is 2.58. The standard InChI is InChI=1S/C11H13BrO3S/c1-2-15-11(14)9-6-4-3-5-7(13)8(6)10(12)16-9/h7,13H,2-5H2,1H3. The van der Waals surface area contributed by atoms with Crippen molar-refractivity contribution in [2.24, 2.45) is 0 Å². The van der Waals surface area contributed by atoms with E-state index in [2.05, 4.69) is 15.9 Å². The van der Waals surface area contributed by atoms with E-state index in [1.807, 2.05) is 0 Å². The second-order valence-corrected chi connectivity index (χ2v) is 6.06. The summed E-state index contributed by atoms with van der Waals surface area (Å²) in [5.74, 6) is -0.274. The fourth-order valence-corrected chi connectivity index (χ4v) is 4.02. The zero-order valence-corrected chi connectivity index (χ0v) is 11.4. The minimum Gasteiger partial charge on any atom is -0.462 e. The molecule has 0 fully saturated rings. The van der Waals surface area contributed by atoms with Gasteiger partial charge in [0.1, 0.15) is 4.88 Å². The lowest BCUT2D eigenvalue weighted by atomic mass is 9.91. The summed E-state index contributed by atoms with van der Waals surface area (Å²) in [7, 11) is 0. The van der Waals surface area contributed by atoms with Crippen LogP contribution in [-0.2, 0) is 11.2 Å². The summed E-state index contributed by atoms with van der Waals surface area (Å²) in [6.45, 7) is 2.17. The molecule has 88 valence electrons. The summed E-state index contributed by atoms with van der Waals surface area (Å²) < 4.78 is 5.87. The molecule has 0 radical (unpaired) electrons. The maximum atomic E-state index is 11.7.